The molecule has 1 aromatic heterocycles. The van der Waals surface area contributed by atoms with Crippen LogP contribution in [0.1, 0.15) is 30.1 Å². The molecular weight excluding hydrogens is 394 g/mol. The summed E-state index contributed by atoms with van der Waals surface area (Å²) in [4.78, 5) is 28.4. The maximum atomic E-state index is 12.9. The molecule has 0 N–H and O–H groups in total. The molecule has 8 nitrogen and oxygen atoms in total. The number of ether oxygens (including phenoxy) is 2. The van der Waals surface area contributed by atoms with E-state index in [1.807, 2.05) is 41.4 Å². The first kappa shape index (κ1) is 21.4. The number of benzene rings is 1. The van der Waals surface area contributed by atoms with Crippen LogP contribution in [0.3, 0.4) is 0 Å². The predicted molar refractivity (Wildman–Crippen MR) is 120 cm³/mol. The molecule has 166 valence electrons. The minimum atomic E-state index is 0.0662. The number of rotatable bonds is 7. The molecule has 2 aliphatic heterocycles. The molecule has 1 aromatic carbocycles. The van der Waals surface area contributed by atoms with E-state index >= 15 is 0 Å². The van der Waals surface area contributed by atoms with Crippen molar-refractivity contribution in [3.05, 3.63) is 42.1 Å². The topological polar surface area (TPSA) is 71.0 Å². The van der Waals surface area contributed by atoms with Gasteiger partial charge in [-0.25, -0.2) is 4.98 Å². The second-order valence-electron chi connectivity index (χ2n) is 7.82. The number of piperazine rings is 1. The maximum absolute atomic E-state index is 12.9. The van der Waals surface area contributed by atoms with Crippen LogP contribution in [0.25, 0.3) is 0 Å². The molecule has 31 heavy (non-hydrogen) atoms. The van der Waals surface area contributed by atoms with Gasteiger partial charge in [-0.1, -0.05) is 13.3 Å². The fraction of sp³-hybridized carbons (Fsp3) is 0.522. The molecule has 0 aliphatic carbocycles. The fourth-order valence-corrected chi connectivity index (χ4v) is 3.78. The summed E-state index contributed by atoms with van der Waals surface area (Å²) in [6, 6.07) is 9.42. The second-order valence-corrected chi connectivity index (χ2v) is 7.82. The fourth-order valence-electron chi connectivity index (χ4n) is 3.78. The highest BCUT2D eigenvalue weighted by Gasteiger charge is 2.24. The van der Waals surface area contributed by atoms with Crippen molar-refractivity contribution >= 4 is 17.7 Å². The molecule has 0 saturated carbocycles. The van der Waals surface area contributed by atoms with Crippen LogP contribution in [-0.2, 0) is 4.74 Å². The lowest BCUT2D eigenvalue weighted by Crippen LogP contribution is -2.49. The van der Waals surface area contributed by atoms with Gasteiger partial charge >= 0.3 is 0 Å². The number of hydrogen-bond acceptors (Lipinski definition) is 7. The number of amides is 1. The number of nitrogens with zero attached hydrogens (tertiary/aromatic N) is 5. The Hall–Kier alpha value is -2.87. The molecule has 4 rings (SSSR count). The monoisotopic (exact) mass is 425 g/mol. The summed E-state index contributed by atoms with van der Waals surface area (Å²) in [5.74, 6) is 2.55. The molecule has 2 saturated heterocycles. The summed E-state index contributed by atoms with van der Waals surface area (Å²) >= 11 is 0. The molecule has 0 radical (unpaired) electrons. The highest BCUT2D eigenvalue weighted by atomic mass is 16.5. The molecule has 2 aromatic rings. The highest BCUT2D eigenvalue weighted by Crippen LogP contribution is 2.19. The van der Waals surface area contributed by atoms with Crippen molar-refractivity contribution < 1.29 is 14.3 Å². The van der Waals surface area contributed by atoms with Crippen LogP contribution < -0.4 is 14.5 Å². The van der Waals surface area contributed by atoms with Crippen LogP contribution in [0.4, 0.5) is 11.8 Å². The first-order chi connectivity index (χ1) is 15.2. The van der Waals surface area contributed by atoms with Gasteiger partial charge in [-0.05, 0) is 36.8 Å². The van der Waals surface area contributed by atoms with E-state index in [1.165, 1.54) is 0 Å². The van der Waals surface area contributed by atoms with E-state index in [9.17, 15) is 4.79 Å². The minimum Gasteiger partial charge on any atom is -0.494 e. The zero-order valence-electron chi connectivity index (χ0n) is 18.2. The van der Waals surface area contributed by atoms with E-state index in [1.54, 1.807) is 0 Å². The van der Waals surface area contributed by atoms with Gasteiger partial charge in [-0.2, -0.15) is 4.98 Å². The van der Waals surface area contributed by atoms with Crippen molar-refractivity contribution in [2.24, 2.45) is 0 Å². The van der Waals surface area contributed by atoms with Crippen molar-refractivity contribution in [1.82, 2.24) is 14.9 Å². The number of carbonyl (C=O) groups is 1. The van der Waals surface area contributed by atoms with Crippen LogP contribution in [0.5, 0.6) is 5.75 Å². The number of anilines is 2. The third-order valence-corrected chi connectivity index (χ3v) is 5.68. The van der Waals surface area contributed by atoms with Gasteiger partial charge in [0.15, 0.2) is 0 Å². The zero-order valence-corrected chi connectivity index (χ0v) is 18.2. The average Bonchev–Trinajstić information content (AvgIpc) is 2.85. The molecule has 0 bridgehead atoms. The Morgan fingerprint density at radius 1 is 1.00 bits per heavy atom. The van der Waals surface area contributed by atoms with Crippen LogP contribution in [0.2, 0.25) is 0 Å². The molecule has 2 aliphatic rings. The number of unbranched alkanes of at least 4 members (excludes halogenated alkanes) is 1. The molecular formula is C23H31N5O3. The van der Waals surface area contributed by atoms with E-state index in [0.29, 0.717) is 38.5 Å². The summed E-state index contributed by atoms with van der Waals surface area (Å²) in [5, 5.41) is 0. The van der Waals surface area contributed by atoms with Crippen molar-refractivity contribution in [1.29, 1.82) is 0 Å². The Morgan fingerprint density at radius 3 is 2.45 bits per heavy atom. The van der Waals surface area contributed by atoms with Crippen LogP contribution >= 0.6 is 0 Å². The number of aromatic nitrogens is 2. The van der Waals surface area contributed by atoms with Gasteiger partial charge in [0.05, 0.1) is 19.8 Å². The van der Waals surface area contributed by atoms with Gasteiger partial charge in [0, 0.05) is 51.0 Å². The predicted octanol–water partition coefficient (Wildman–Crippen LogP) is 2.45. The second kappa shape index (κ2) is 10.4. The molecule has 8 heteroatoms. The van der Waals surface area contributed by atoms with Crippen molar-refractivity contribution in [3.63, 3.8) is 0 Å². The third-order valence-electron chi connectivity index (χ3n) is 5.68. The summed E-state index contributed by atoms with van der Waals surface area (Å²) in [7, 11) is 0. The van der Waals surface area contributed by atoms with Crippen molar-refractivity contribution in [3.8, 4) is 5.75 Å². The lowest BCUT2D eigenvalue weighted by Gasteiger charge is -2.36. The Kier molecular flexibility index (Phi) is 7.19. The molecule has 0 atom stereocenters. The van der Waals surface area contributed by atoms with Gasteiger partial charge in [-0.3, -0.25) is 4.79 Å². The molecule has 1 amide bonds. The van der Waals surface area contributed by atoms with Crippen molar-refractivity contribution in [2.45, 2.75) is 19.8 Å². The lowest BCUT2D eigenvalue weighted by molar-refractivity contribution is 0.0746. The third kappa shape index (κ3) is 5.44. The van der Waals surface area contributed by atoms with Gasteiger partial charge < -0.3 is 24.2 Å². The van der Waals surface area contributed by atoms with E-state index in [-0.39, 0.29) is 5.91 Å². The molecule has 0 spiro atoms. The summed E-state index contributed by atoms with van der Waals surface area (Å²) in [6.07, 6.45) is 3.95. The van der Waals surface area contributed by atoms with E-state index < -0.39 is 0 Å². The largest absolute Gasteiger partial charge is 0.494 e. The Balaban J connectivity index is 1.31. The first-order valence-electron chi connectivity index (χ1n) is 11.2. The number of morpholine rings is 1. The normalized spacial score (nSPS) is 17.0. The first-order valence-corrected chi connectivity index (χ1v) is 11.2. The Morgan fingerprint density at radius 2 is 1.74 bits per heavy atom. The SMILES string of the molecule is CCCCOc1ccc(C(=O)N2CCN(c3ccnc(N4CCOCC4)n3)CC2)cc1. The smallest absolute Gasteiger partial charge is 0.253 e. The number of carbonyl (C=O) groups excluding carboxylic acids is 1. The van der Waals surface area contributed by atoms with E-state index in [4.69, 9.17) is 14.5 Å². The highest BCUT2D eigenvalue weighted by molar-refractivity contribution is 5.94. The Bertz CT molecular complexity index is 847. The molecule has 3 heterocycles. The minimum absolute atomic E-state index is 0.0662. The average molecular weight is 426 g/mol. The van der Waals surface area contributed by atoms with Gasteiger partial charge in [0.1, 0.15) is 11.6 Å². The molecule has 0 unspecified atom stereocenters. The van der Waals surface area contributed by atoms with Crippen LogP contribution in [-0.4, -0.2) is 79.9 Å². The summed E-state index contributed by atoms with van der Waals surface area (Å²) in [5.41, 5.74) is 0.702. The Labute approximate surface area is 183 Å². The lowest BCUT2D eigenvalue weighted by atomic mass is 10.1. The quantitative estimate of drug-likeness (QED) is 0.631. The van der Waals surface area contributed by atoms with Gasteiger partial charge in [0.2, 0.25) is 5.95 Å². The van der Waals surface area contributed by atoms with Gasteiger partial charge in [-0.15, -0.1) is 0 Å². The summed E-state index contributed by atoms with van der Waals surface area (Å²) < 4.78 is 11.1. The molecule has 2 fully saturated rings. The van der Waals surface area contributed by atoms with Gasteiger partial charge in [0.25, 0.3) is 5.91 Å². The standard InChI is InChI=1S/C23H31N5O3/c1-2-3-16-31-20-6-4-19(5-7-20)22(29)27-12-10-26(11-13-27)21-8-9-24-23(25-21)28-14-17-30-18-15-28/h4-9H,2-3,10-18H2,1H3. The van der Waals surface area contributed by atoms with Crippen LogP contribution in [0, 0.1) is 0 Å². The maximum Gasteiger partial charge on any atom is 0.253 e. The van der Waals surface area contributed by atoms with Crippen LogP contribution in [0.15, 0.2) is 36.5 Å². The zero-order chi connectivity index (χ0) is 21.5. The summed E-state index contributed by atoms with van der Waals surface area (Å²) in [6.45, 7) is 8.74. The van der Waals surface area contributed by atoms with E-state index in [0.717, 1.165) is 56.5 Å². The van der Waals surface area contributed by atoms with Crippen molar-refractivity contribution in [2.75, 3.05) is 68.9 Å². The number of hydrogen-bond donors (Lipinski definition) is 0. The van der Waals surface area contributed by atoms with E-state index in [2.05, 4.69) is 21.7 Å².